The fourth-order valence-corrected chi connectivity index (χ4v) is 2.27. The van der Waals surface area contributed by atoms with E-state index in [4.69, 9.17) is 9.47 Å². The SMILES string of the molecule is COC(=O)/C(=C/C1=CCc2ccccc21)NC(=O)OC(C)(C)C. The van der Waals surface area contributed by atoms with Gasteiger partial charge in [-0.3, -0.25) is 5.32 Å². The second-order valence-corrected chi connectivity index (χ2v) is 6.20. The maximum absolute atomic E-state index is 11.9. The highest BCUT2D eigenvalue weighted by atomic mass is 16.6. The molecule has 0 unspecified atom stereocenters. The van der Waals surface area contributed by atoms with Gasteiger partial charge in [-0.1, -0.05) is 30.3 Å². The van der Waals surface area contributed by atoms with Crippen molar-refractivity contribution in [1.29, 1.82) is 0 Å². The third-order valence-electron chi connectivity index (χ3n) is 3.21. The first-order valence-corrected chi connectivity index (χ1v) is 7.38. The molecule has 0 aromatic heterocycles. The van der Waals surface area contributed by atoms with Crippen LogP contribution in [0.2, 0.25) is 0 Å². The number of rotatable bonds is 3. The topological polar surface area (TPSA) is 64.6 Å². The van der Waals surface area contributed by atoms with Gasteiger partial charge in [0.1, 0.15) is 11.3 Å². The van der Waals surface area contributed by atoms with Crippen molar-refractivity contribution in [2.45, 2.75) is 32.8 Å². The smallest absolute Gasteiger partial charge is 0.412 e. The molecule has 0 atom stereocenters. The van der Waals surface area contributed by atoms with Gasteiger partial charge in [-0.15, -0.1) is 0 Å². The van der Waals surface area contributed by atoms with Gasteiger partial charge in [0.2, 0.25) is 0 Å². The Morgan fingerprint density at radius 1 is 1.22 bits per heavy atom. The Kier molecular flexibility index (Phi) is 4.89. The normalized spacial score (nSPS) is 13.9. The van der Waals surface area contributed by atoms with Crippen LogP contribution in [0.25, 0.3) is 5.57 Å². The summed E-state index contributed by atoms with van der Waals surface area (Å²) in [7, 11) is 1.27. The maximum atomic E-state index is 11.9. The summed E-state index contributed by atoms with van der Waals surface area (Å²) in [5, 5.41) is 2.47. The number of ether oxygens (including phenoxy) is 2. The van der Waals surface area contributed by atoms with Crippen LogP contribution in [0.3, 0.4) is 0 Å². The molecule has 0 aliphatic heterocycles. The molecule has 0 bridgehead atoms. The predicted molar refractivity (Wildman–Crippen MR) is 87.6 cm³/mol. The summed E-state index contributed by atoms with van der Waals surface area (Å²) in [6.45, 7) is 5.26. The van der Waals surface area contributed by atoms with Gasteiger partial charge in [0.15, 0.2) is 0 Å². The number of nitrogens with one attached hydrogen (secondary N) is 1. The van der Waals surface area contributed by atoms with Crippen LogP contribution < -0.4 is 5.32 Å². The minimum absolute atomic E-state index is 0.0460. The molecule has 0 saturated carbocycles. The van der Waals surface area contributed by atoms with Crippen molar-refractivity contribution in [3.05, 3.63) is 53.2 Å². The quantitative estimate of drug-likeness (QED) is 0.687. The molecule has 1 aliphatic rings. The van der Waals surface area contributed by atoms with Gasteiger partial charge in [-0.2, -0.15) is 0 Å². The second kappa shape index (κ2) is 6.69. The van der Waals surface area contributed by atoms with Crippen LogP contribution in [0.5, 0.6) is 0 Å². The summed E-state index contributed by atoms with van der Waals surface area (Å²) >= 11 is 0. The summed E-state index contributed by atoms with van der Waals surface area (Å²) in [6.07, 6.45) is 3.72. The number of methoxy groups -OCH3 is 1. The van der Waals surface area contributed by atoms with Crippen LogP contribution in [0, 0.1) is 0 Å². The summed E-state index contributed by atoms with van der Waals surface area (Å²) in [4.78, 5) is 23.8. The minimum atomic E-state index is -0.693. The van der Waals surface area contributed by atoms with Gasteiger partial charge in [-0.05, 0) is 50.0 Å². The van der Waals surface area contributed by atoms with Crippen LogP contribution in [0.15, 0.2) is 42.1 Å². The number of amides is 1. The number of carbonyl (C=O) groups is 2. The highest BCUT2D eigenvalue weighted by Crippen LogP contribution is 2.28. The zero-order valence-corrected chi connectivity index (χ0v) is 13.8. The number of carbonyl (C=O) groups excluding carboxylic acids is 2. The summed E-state index contributed by atoms with van der Waals surface area (Å²) in [5.41, 5.74) is 2.49. The molecule has 5 heteroatoms. The molecule has 122 valence electrons. The van der Waals surface area contributed by atoms with Crippen LogP contribution >= 0.6 is 0 Å². The van der Waals surface area contributed by atoms with Crippen LogP contribution in [-0.2, 0) is 20.7 Å². The van der Waals surface area contributed by atoms with Crippen LogP contribution in [0.1, 0.15) is 31.9 Å². The lowest BCUT2D eigenvalue weighted by Gasteiger charge is -2.20. The first kappa shape index (κ1) is 16.8. The molecule has 0 radical (unpaired) electrons. The largest absolute Gasteiger partial charge is 0.464 e. The predicted octanol–water partition coefficient (Wildman–Crippen LogP) is 3.21. The number of allylic oxidation sites excluding steroid dienone is 3. The van der Waals surface area contributed by atoms with E-state index >= 15 is 0 Å². The Balaban J connectivity index is 2.23. The number of fused-ring (bicyclic) bond motifs is 1. The Morgan fingerprint density at radius 3 is 2.57 bits per heavy atom. The van der Waals surface area contributed by atoms with Crippen LogP contribution in [-0.4, -0.2) is 24.8 Å². The van der Waals surface area contributed by atoms with Gasteiger partial charge in [0, 0.05) is 0 Å². The van der Waals surface area contributed by atoms with Crippen molar-refractivity contribution < 1.29 is 19.1 Å². The number of esters is 1. The second-order valence-electron chi connectivity index (χ2n) is 6.20. The van der Waals surface area contributed by atoms with Crippen molar-refractivity contribution in [2.24, 2.45) is 0 Å². The average Bonchev–Trinajstić information content (AvgIpc) is 2.87. The number of hydrogen-bond donors (Lipinski definition) is 1. The van der Waals surface area contributed by atoms with E-state index in [1.807, 2.05) is 30.3 Å². The van der Waals surface area contributed by atoms with Gasteiger partial charge < -0.3 is 9.47 Å². The third kappa shape index (κ3) is 4.45. The summed E-state index contributed by atoms with van der Waals surface area (Å²) in [5.74, 6) is -0.624. The molecule has 1 aliphatic carbocycles. The molecular formula is C18H21NO4. The summed E-state index contributed by atoms with van der Waals surface area (Å²) in [6, 6.07) is 7.92. The van der Waals surface area contributed by atoms with Gasteiger partial charge >= 0.3 is 12.1 Å². The fraction of sp³-hybridized carbons (Fsp3) is 0.333. The van der Waals surface area contributed by atoms with Crippen molar-refractivity contribution in [3.63, 3.8) is 0 Å². The Bertz CT molecular complexity index is 681. The lowest BCUT2D eigenvalue weighted by atomic mass is 10.1. The van der Waals surface area contributed by atoms with Gasteiger partial charge in [0.05, 0.1) is 7.11 Å². The first-order chi connectivity index (χ1) is 10.8. The monoisotopic (exact) mass is 315 g/mol. The lowest BCUT2D eigenvalue weighted by Crippen LogP contribution is -2.34. The van der Waals surface area contributed by atoms with E-state index in [2.05, 4.69) is 5.32 Å². The van der Waals surface area contributed by atoms with E-state index in [1.54, 1.807) is 26.8 Å². The Hall–Kier alpha value is -2.56. The van der Waals surface area contributed by atoms with E-state index in [1.165, 1.54) is 12.7 Å². The first-order valence-electron chi connectivity index (χ1n) is 7.38. The molecular weight excluding hydrogens is 294 g/mol. The molecule has 1 aromatic rings. The van der Waals surface area contributed by atoms with E-state index in [-0.39, 0.29) is 5.70 Å². The van der Waals surface area contributed by atoms with E-state index in [0.717, 1.165) is 17.6 Å². The van der Waals surface area contributed by atoms with E-state index in [0.29, 0.717) is 0 Å². The molecule has 0 heterocycles. The molecule has 0 spiro atoms. The average molecular weight is 315 g/mol. The van der Waals surface area contributed by atoms with E-state index in [9.17, 15) is 9.59 Å². The maximum Gasteiger partial charge on any atom is 0.412 e. The standard InChI is InChI=1S/C18H21NO4/c1-18(2,3)23-17(21)19-15(16(20)22-4)11-13-10-9-12-7-5-6-8-14(12)13/h5-8,10-11H,9H2,1-4H3,(H,19,21)/b15-11-. The molecule has 23 heavy (non-hydrogen) atoms. The molecule has 0 fully saturated rings. The van der Waals surface area contributed by atoms with Crippen molar-refractivity contribution in [1.82, 2.24) is 5.32 Å². The molecule has 1 amide bonds. The van der Waals surface area contributed by atoms with Gasteiger partial charge in [0.25, 0.3) is 0 Å². The molecule has 5 nitrogen and oxygen atoms in total. The third-order valence-corrected chi connectivity index (χ3v) is 3.21. The highest BCUT2D eigenvalue weighted by Gasteiger charge is 2.21. The van der Waals surface area contributed by atoms with Gasteiger partial charge in [-0.25, -0.2) is 9.59 Å². The number of alkyl carbamates (subject to hydrolysis) is 1. The van der Waals surface area contributed by atoms with Crippen LogP contribution in [0.4, 0.5) is 4.79 Å². The Labute approximate surface area is 136 Å². The van der Waals surface area contributed by atoms with E-state index < -0.39 is 17.7 Å². The van der Waals surface area contributed by atoms with Crippen molar-refractivity contribution in [2.75, 3.05) is 7.11 Å². The van der Waals surface area contributed by atoms with Crippen molar-refractivity contribution >= 4 is 17.6 Å². The Morgan fingerprint density at radius 2 is 1.91 bits per heavy atom. The minimum Gasteiger partial charge on any atom is -0.464 e. The zero-order chi connectivity index (χ0) is 17.0. The number of hydrogen-bond acceptors (Lipinski definition) is 4. The molecule has 0 saturated heterocycles. The summed E-state index contributed by atoms with van der Waals surface area (Å²) < 4.78 is 9.92. The zero-order valence-electron chi connectivity index (χ0n) is 13.8. The van der Waals surface area contributed by atoms with Crippen molar-refractivity contribution in [3.8, 4) is 0 Å². The molecule has 1 aromatic carbocycles. The number of benzene rings is 1. The lowest BCUT2D eigenvalue weighted by molar-refractivity contribution is -0.136. The fourth-order valence-electron chi connectivity index (χ4n) is 2.27. The molecule has 2 rings (SSSR count). The highest BCUT2D eigenvalue weighted by molar-refractivity contribution is 5.96. The molecule has 1 N–H and O–H groups in total.